The summed E-state index contributed by atoms with van der Waals surface area (Å²) in [6.45, 7) is 6.50. The van der Waals surface area contributed by atoms with Crippen molar-refractivity contribution >= 4 is 15.9 Å². The number of piperidine rings is 1. The number of rotatable bonds is 7. The van der Waals surface area contributed by atoms with Gasteiger partial charge in [0.05, 0.1) is 4.90 Å². The number of carbonyl (C=O) groups is 1. The molecule has 2 aromatic carbocycles. The Morgan fingerprint density at radius 2 is 1.56 bits per heavy atom. The molecular weight excluding hydrogens is 422 g/mol. The Balaban J connectivity index is 1.48. The van der Waals surface area contributed by atoms with Gasteiger partial charge in [-0.3, -0.25) is 9.69 Å². The van der Waals surface area contributed by atoms with Gasteiger partial charge in [-0.15, -0.1) is 0 Å². The Labute approximate surface area is 191 Å². The summed E-state index contributed by atoms with van der Waals surface area (Å²) in [4.78, 5) is 15.7. The second kappa shape index (κ2) is 10.1. The molecule has 1 N–H and O–H groups in total. The maximum Gasteiger partial charge on any atom is 0.251 e. The van der Waals surface area contributed by atoms with Crippen LogP contribution in [0.15, 0.2) is 47.4 Å². The summed E-state index contributed by atoms with van der Waals surface area (Å²) in [5.74, 6) is -0.242. The predicted molar refractivity (Wildman–Crippen MR) is 126 cm³/mol. The highest BCUT2D eigenvalue weighted by molar-refractivity contribution is 7.89. The fraction of sp³-hybridized carbons (Fsp3) is 0.480. The molecule has 6 nitrogen and oxygen atoms in total. The van der Waals surface area contributed by atoms with Crippen LogP contribution in [0, 0.1) is 6.92 Å². The standard InChI is InChI=1S/C25H33N3O3S/c1-20-11-12-23(32(30,31)28-15-5-2-6-16-28)17-24(20)25(29)26-18-21-9-3-4-10-22(21)19-27-13-7-8-14-27/h3-4,9-12,17H,2,5-8,13-16,18-19H2,1H3,(H,26,29). The minimum atomic E-state index is -3.57. The van der Waals surface area contributed by atoms with Crippen molar-refractivity contribution in [1.29, 1.82) is 0 Å². The molecule has 0 bridgehead atoms. The van der Waals surface area contributed by atoms with Gasteiger partial charge in [-0.05, 0) is 74.5 Å². The van der Waals surface area contributed by atoms with E-state index in [9.17, 15) is 13.2 Å². The van der Waals surface area contributed by atoms with Crippen LogP contribution in [-0.4, -0.2) is 49.7 Å². The zero-order valence-corrected chi connectivity index (χ0v) is 19.7. The maximum absolute atomic E-state index is 13.1. The molecule has 0 spiro atoms. The van der Waals surface area contributed by atoms with E-state index >= 15 is 0 Å². The van der Waals surface area contributed by atoms with Gasteiger partial charge >= 0.3 is 0 Å². The molecule has 0 aliphatic carbocycles. The summed E-state index contributed by atoms with van der Waals surface area (Å²) < 4.78 is 27.6. The molecule has 32 heavy (non-hydrogen) atoms. The number of hydrogen-bond acceptors (Lipinski definition) is 4. The lowest BCUT2D eigenvalue weighted by atomic mass is 10.1. The van der Waals surface area contributed by atoms with Crippen molar-refractivity contribution < 1.29 is 13.2 Å². The number of aryl methyl sites for hydroxylation is 1. The summed E-state index contributed by atoms with van der Waals surface area (Å²) in [6, 6.07) is 13.1. The van der Waals surface area contributed by atoms with Crippen molar-refractivity contribution in [3.05, 3.63) is 64.7 Å². The number of carbonyl (C=O) groups excluding carboxylic acids is 1. The van der Waals surface area contributed by atoms with Gasteiger partial charge in [0.2, 0.25) is 10.0 Å². The number of hydrogen-bond donors (Lipinski definition) is 1. The number of likely N-dealkylation sites (tertiary alicyclic amines) is 1. The van der Waals surface area contributed by atoms with Gasteiger partial charge in [-0.2, -0.15) is 4.31 Å². The molecule has 0 atom stereocenters. The number of benzene rings is 2. The van der Waals surface area contributed by atoms with Crippen LogP contribution in [0.5, 0.6) is 0 Å². The third-order valence-corrected chi connectivity index (χ3v) is 8.45. The van der Waals surface area contributed by atoms with Crippen LogP contribution in [0.25, 0.3) is 0 Å². The zero-order chi connectivity index (χ0) is 22.6. The lowest BCUT2D eigenvalue weighted by molar-refractivity contribution is 0.0950. The van der Waals surface area contributed by atoms with Crippen molar-refractivity contribution in [3.63, 3.8) is 0 Å². The average Bonchev–Trinajstić information content (AvgIpc) is 3.32. The first-order valence-electron chi connectivity index (χ1n) is 11.6. The van der Waals surface area contributed by atoms with Crippen molar-refractivity contribution in [3.8, 4) is 0 Å². The largest absolute Gasteiger partial charge is 0.348 e. The molecule has 2 heterocycles. The van der Waals surface area contributed by atoms with Gasteiger partial charge in [0.15, 0.2) is 0 Å². The van der Waals surface area contributed by atoms with Crippen molar-refractivity contribution in [2.75, 3.05) is 26.2 Å². The fourth-order valence-electron chi connectivity index (χ4n) is 4.60. The predicted octanol–water partition coefficient (Wildman–Crippen LogP) is 3.70. The number of sulfonamides is 1. The van der Waals surface area contributed by atoms with E-state index in [-0.39, 0.29) is 10.8 Å². The normalized spacial score (nSPS) is 18.0. The molecule has 2 fully saturated rings. The summed E-state index contributed by atoms with van der Waals surface area (Å²) in [5.41, 5.74) is 3.51. The van der Waals surface area contributed by atoms with Gasteiger partial charge in [0.1, 0.15) is 0 Å². The molecular formula is C25H33N3O3S. The van der Waals surface area contributed by atoms with Crippen LogP contribution < -0.4 is 5.32 Å². The molecule has 172 valence electrons. The minimum absolute atomic E-state index is 0.199. The molecule has 1 amide bonds. The van der Waals surface area contributed by atoms with Crippen molar-refractivity contribution in [1.82, 2.24) is 14.5 Å². The summed E-state index contributed by atoms with van der Waals surface area (Å²) >= 11 is 0. The molecule has 4 rings (SSSR count). The molecule has 0 saturated carbocycles. The van der Waals surface area contributed by atoms with Crippen LogP contribution in [-0.2, 0) is 23.1 Å². The SMILES string of the molecule is Cc1ccc(S(=O)(=O)N2CCCCC2)cc1C(=O)NCc1ccccc1CN1CCCC1. The Bertz CT molecular complexity index is 1060. The van der Waals surface area contributed by atoms with Gasteiger partial charge in [0, 0.05) is 31.7 Å². The number of nitrogens with one attached hydrogen (secondary N) is 1. The summed E-state index contributed by atoms with van der Waals surface area (Å²) in [5, 5.41) is 3.01. The molecule has 7 heteroatoms. The quantitative estimate of drug-likeness (QED) is 0.691. The van der Waals surface area contributed by atoms with Crippen LogP contribution in [0.2, 0.25) is 0 Å². The molecule has 2 aliphatic heterocycles. The first-order valence-corrected chi connectivity index (χ1v) is 13.1. The second-order valence-corrected chi connectivity index (χ2v) is 10.8. The molecule has 0 aromatic heterocycles. The van der Waals surface area contributed by atoms with Crippen LogP contribution >= 0.6 is 0 Å². The highest BCUT2D eigenvalue weighted by Gasteiger charge is 2.27. The van der Waals surface area contributed by atoms with Gasteiger partial charge in [0.25, 0.3) is 5.91 Å². The number of amides is 1. The summed E-state index contributed by atoms with van der Waals surface area (Å²) in [6.07, 6.45) is 5.32. The van der Waals surface area contributed by atoms with E-state index in [1.165, 1.54) is 28.8 Å². The Hall–Kier alpha value is -2.22. The molecule has 2 aromatic rings. The Morgan fingerprint density at radius 3 is 2.28 bits per heavy atom. The van der Waals surface area contributed by atoms with E-state index in [2.05, 4.69) is 22.3 Å². The molecule has 0 radical (unpaired) electrons. The van der Waals surface area contributed by atoms with Gasteiger partial charge < -0.3 is 5.32 Å². The zero-order valence-electron chi connectivity index (χ0n) is 18.8. The third kappa shape index (κ3) is 5.22. The van der Waals surface area contributed by atoms with E-state index in [1.54, 1.807) is 12.1 Å². The van der Waals surface area contributed by atoms with E-state index in [0.717, 1.165) is 50.0 Å². The first kappa shape index (κ1) is 23.0. The fourth-order valence-corrected chi connectivity index (χ4v) is 6.14. The topological polar surface area (TPSA) is 69.7 Å². The van der Waals surface area contributed by atoms with E-state index in [0.29, 0.717) is 25.2 Å². The minimum Gasteiger partial charge on any atom is -0.348 e. The molecule has 2 aliphatic rings. The highest BCUT2D eigenvalue weighted by Crippen LogP contribution is 2.23. The van der Waals surface area contributed by atoms with Crippen LogP contribution in [0.3, 0.4) is 0 Å². The van der Waals surface area contributed by atoms with Gasteiger partial charge in [-0.25, -0.2) is 8.42 Å². The lowest BCUT2D eigenvalue weighted by Crippen LogP contribution is -2.35. The van der Waals surface area contributed by atoms with Gasteiger partial charge in [-0.1, -0.05) is 36.8 Å². The van der Waals surface area contributed by atoms with E-state index < -0.39 is 10.0 Å². The smallest absolute Gasteiger partial charge is 0.251 e. The second-order valence-electron chi connectivity index (χ2n) is 8.88. The molecule has 0 unspecified atom stereocenters. The summed E-state index contributed by atoms with van der Waals surface area (Å²) in [7, 11) is -3.57. The van der Waals surface area contributed by atoms with Crippen LogP contribution in [0.1, 0.15) is 59.2 Å². The lowest BCUT2D eigenvalue weighted by Gasteiger charge is -2.26. The van der Waals surface area contributed by atoms with Crippen LogP contribution in [0.4, 0.5) is 0 Å². The highest BCUT2D eigenvalue weighted by atomic mass is 32.2. The average molecular weight is 456 g/mol. The van der Waals surface area contributed by atoms with Crippen molar-refractivity contribution in [2.24, 2.45) is 0 Å². The number of nitrogens with zero attached hydrogens (tertiary/aromatic N) is 2. The maximum atomic E-state index is 13.1. The monoisotopic (exact) mass is 455 g/mol. The van der Waals surface area contributed by atoms with E-state index in [4.69, 9.17) is 0 Å². The third-order valence-electron chi connectivity index (χ3n) is 6.56. The Morgan fingerprint density at radius 1 is 0.906 bits per heavy atom. The Kier molecular flexibility index (Phi) is 7.28. The van der Waals surface area contributed by atoms with Crippen molar-refractivity contribution in [2.45, 2.75) is 57.0 Å². The first-order chi connectivity index (χ1) is 15.4. The van der Waals surface area contributed by atoms with E-state index in [1.807, 2.05) is 19.1 Å². The molecule has 2 saturated heterocycles.